The van der Waals surface area contributed by atoms with Gasteiger partial charge in [-0.15, -0.1) is 6.58 Å². The molecule has 0 heteroatoms. The fourth-order valence-electron chi connectivity index (χ4n) is 1.32. The molecule has 1 aliphatic rings. The minimum atomic E-state index is 0.721. The molecule has 0 N–H and O–H groups in total. The lowest BCUT2D eigenvalue weighted by Crippen LogP contribution is -1.88. The highest BCUT2D eigenvalue weighted by molar-refractivity contribution is 4.93. The first-order valence-corrected chi connectivity index (χ1v) is 4.79. The van der Waals surface area contributed by atoms with Crippen molar-refractivity contribution in [2.24, 2.45) is 11.8 Å². The summed E-state index contributed by atoms with van der Waals surface area (Å²) in [5.41, 5.74) is 0. The van der Waals surface area contributed by atoms with Crippen LogP contribution in [-0.4, -0.2) is 0 Å². The highest BCUT2D eigenvalue weighted by Crippen LogP contribution is 2.32. The molecule has 1 aliphatic carbocycles. The first kappa shape index (κ1) is 8.83. The van der Waals surface area contributed by atoms with E-state index in [0.717, 1.165) is 11.8 Å². The third-order valence-electron chi connectivity index (χ3n) is 2.46. The van der Waals surface area contributed by atoms with Crippen LogP contribution in [0.2, 0.25) is 0 Å². The zero-order chi connectivity index (χ0) is 8.10. The van der Waals surface area contributed by atoms with Crippen molar-refractivity contribution in [3.63, 3.8) is 0 Å². The SMILES string of the molecule is C=CC(C)CCCCC1[CH]C1. The van der Waals surface area contributed by atoms with Gasteiger partial charge in [0.25, 0.3) is 0 Å². The molecule has 0 heterocycles. The highest BCUT2D eigenvalue weighted by atomic mass is 14.3. The molecular weight excluding hydrogens is 132 g/mol. The maximum Gasteiger partial charge on any atom is -0.0265 e. The van der Waals surface area contributed by atoms with Crippen LogP contribution in [-0.2, 0) is 0 Å². The van der Waals surface area contributed by atoms with Crippen molar-refractivity contribution in [1.82, 2.24) is 0 Å². The highest BCUT2D eigenvalue weighted by Gasteiger charge is 2.20. The molecule has 0 aromatic carbocycles. The zero-order valence-corrected chi connectivity index (χ0v) is 7.55. The van der Waals surface area contributed by atoms with Gasteiger partial charge in [0.05, 0.1) is 0 Å². The van der Waals surface area contributed by atoms with E-state index in [1.54, 1.807) is 0 Å². The van der Waals surface area contributed by atoms with Gasteiger partial charge in [-0.1, -0.05) is 32.3 Å². The zero-order valence-electron chi connectivity index (χ0n) is 7.55. The number of allylic oxidation sites excluding steroid dienone is 1. The van der Waals surface area contributed by atoms with Crippen LogP contribution >= 0.6 is 0 Å². The Morgan fingerprint density at radius 1 is 1.64 bits per heavy atom. The maximum absolute atomic E-state index is 3.78. The lowest BCUT2D eigenvalue weighted by molar-refractivity contribution is 0.551. The smallest absolute Gasteiger partial charge is 0.0265 e. The molecule has 0 aromatic heterocycles. The third-order valence-corrected chi connectivity index (χ3v) is 2.46. The summed E-state index contributed by atoms with van der Waals surface area (Å²) in [7, 11) is 0. The van der Waals surface area contributed by atoms with Gasteiger partial charge in [0.15, 0.2) is 0 Å². The molecule has 0 nitrogen and oxygen atoms in total. The van der Waals surface area contributed by atoms with E-state index in [-0.39, 0.29) is 0 Å². The van der Waals surface area contributed by atoms with Crippen LogP contribution in [0, 0.1) is 18.3 Å². The summed E-state index contributed by atoms with van der Waals surface area (Å²) < 4.78 is 0. The van der Waals surface area contributed by atoms with Gasteiger partial charge in [-0.25, -0.2) is 0 Å². The van der Waals surface area contributed by atoms with Gasteiger partial charge in [0, 0.05) is 0 Å². The molecule has 1 rings (SSSR count). The lowest BCUT2D eigenvalue weighted by Gasteiger charge is -2.03. The third kappa shape index (κ3) is 4.23. The summed E-state index contributed by atoms with van der Waals surface area (Å²) >= 11 is 0. The van der Waals surface area contributed by atoms with Crippen LogP contribution < -0.4 is 0 Å². The number of hydrogen-bond acceptors (Lipinski definition) is 0. The van der Waals surface area contributed by atoms with Crippen LogP contribution in [0.4, 0.5) is 0 Å². The quantitative estimate of drug-likeness (QED) is 0.402. The Morgan fingerprint density at radius 2 is 2.36 bits per heavy atom. The Labute approximate surface area is 70.7 Å². The Morgan fingerprint density at radius 3 is 2.91 bits per heavy atom. The van der Waals surface area contributed by atoms with Gasteiger partial charge in [-0.05, 0) is 31.1 Å². The van der Waals surface area contributed by atoms with Crippen molar-refractivity contribution in [3.05, 3.63) is 19.1 Å². The van der Waals surface area contributed by atoms with Crippen LogP contribution in [0.3, 0.4) is 0 Å². The van der Waals surface area contributed by atoms with E-state index in [1.807, 2.05) is 0 Å². The van der Waals surface area contributed by atoms with Crippen molar-refractivity contribution >= 4 is 0 Å². The van der Waals surface area contributed by atoms with E-state index in [1.165, 1.54) is 32.1 Å². The maximum atomic E-state index is 3.78. The summed E-state index contributed by atoms with van der Waals surface area (Å²) in [6, 6.07) is 0. The van der Waals surface area contributed by atoms with Gasteiger partial charge in [0.1, 0.15) is 0 Å². The van der Waals surface area contributed by atoms with Gasteiger partial charge in [0.2, 0.25) is 0 Å². The molecule has 63 valence electrons. The molecular formula is C11H19. The molecule has 2 atom stereocenters. The Kier molecular flexibility index (Phi) is 3.68. The van der Waals surface area contributed by atoms with E-state index < -0.39 is 0 Å². The van der Waals surface area contributed by atoms with E-state index in [0.29, 0.717) is 0 Å². The Hall–Kier alpha value is -0.260. The fraction of sp³-hybridized carbons (Fsp3) is 0.727. The van der Waals surface area contributed by atoms with Crippen molar-refractivity contribution in [2.75, 3.05) is 0 Å². The summed E-state index contributed by atoms with van der Waals surface area (Å²) in [6.45, 7) is 6.03. The molecule has 1 radical (unpaired) electrons. The largest absolute Gasteiger partial charge is 0.103 e. The van der Waals surface area contributed by atoms with Crippen molar-refractivity contribution in [1.29, 1.82) is 0 Å². The monoisotopic (exact) mass is 151 g/mol. The number of rotatable bonds is 6. The summed E-state index contributed by atoms with van der Waals surface area (Å²) in [5.74, 6) is 1.72. The molecule has 0 aliphatic heterocycles. The van der Waals surface area contributed by atoms with E-state index in [2.05, 4.69) is 26.0 Å². The topological polar surface area (TPSA) is 0 Å². The van der Waals surface area contributed by atoms with Gasteiger partial charge < -0.3 is 0 Å². The molecule has 0 bridgehead atoms. The van der Waals surface area contributed by atoms with Crippen LogP contribution in [0.15, 0.2) is 12.7 Å². The predicted molar refractivity (Wildman–Crippen MR) is 50.2 cm³/mol. The van der Waals surface area contributed by atoms with E-state index in [9.17, 15) is 0 Å². The first-order chi connectivity index (χ1) is 5.33. The van der Waals surface area contributed by atoms with Crippen LogP contribution in [0.1, 0.15) is 39.0 Å². The Bertz CT molecular complexity index is 111. The average Bonchev–Trinajstić information content (AvgIpc) is 2.81. The second-order valence-electron chi connectivity index (χ2n) is 3.73. The number of unbranched alkanes of at least 4 members (excludes halogenated alkanes) is 1. The molecule has 2 unspecified atom stereocenters. The summed E-state index contributed by atoms with van der Waals surface area (Å²) in [4.78, 5) is 0. The summed E-state index contributed by atoms with van der Waals surface area (Å²) in [5, 5.41) is 0. The molecule has 0 spiro atoms. The van der Waals surface area contributed by atoms with Crippen molar-refractivity contribution in [2.45, 2.75) is 39.0 Å². The van der Waals surface area contributed by atoms with Crippen molar-refractivity contribution in [3.8, 4) is 0 Å². The standard InChI is InChI=1S/C11H19/c1-3-10(2)6-4-5-7-11-8-9-11/h3,8,10-11H,1,4-7,9H2,2H3. The fourth-order valence-corrected chi connectivity index (χ4v) is 1.32. The van der Waals surface area contributed by atoms with E-state index >= 15 is 0 Å². The lowest BCUT2D eigenvalue weighted by atomic mass is 10.0. The van der Waals surface area contributed by atoms with Crippen LogP contribution in [0.25, 0.3) is 0 Å². The van der Waals surface area contributed by atoms with Gasteiger partial charge >= 0.3 is 0 Å². The number of hydrogen-bond donors (Lipinski definition) is 0. The van der Waals surface area contributed by atoms with Crippen molar-refractivity contribution < 1.29 is 0 Å². The van der Waals surface area contributed by atoms with Gasteiger partial charge in [-0.2, -0.15) is 0 Å². The van der Waals surface area contributed by atoms with Crippen LogP contribution in [0.5, 0.6) is 0 Å². The normalized spacial score (nSPS) is 19.7. The molecule has 1 saturated carbocycles. The molecule has 0 aromatic rings. The first-order valence-electron chi connectivity index (χ1n) is 4.79. The predicted octanol–water partition coefficient (Wildman–Crippen LogP) is 3.59. The van der Waals surface area contributed by atoms with E-state index in [4.69, 9.17) is 0 Å². The molecule has 0 saturated heterocycles. The molecule has 11 heavy (non-hydrogen) atoms. The second-order valence-corrected chi connectivity index (χ2v) is 3.73. The van der Waals surface area contributed by atoms with Gasteiger partial charge in [-0.3, -0.25) is 0 Å². The summed E-state index contributed by atoms with van der Waals surface area (Å²) in [6.07, 6.45) is 11.4. The second kappa shape index (κ2) is 4.58. The average molecular weight is 151 g/mol. The molecule has 0 amide bonds. The minimum Gasteiger partial charge on any atom is -0.103 e. The molecule has 1 fully saturated rings. The Balaban J connectivity index is 1.82. The minimum absolute atomic E-state index is 0.721.